The van der Waals surface area contributed by atoms with E-state index < -0.39 is 10.0 Å². The molecule has 1 N–H and O–H groups in total. The number of sulfonamides is 1. The number of rotatable bonds is 9. The number of hydrogen-bond acceptors (Lipinski definition) is 5. The van der Waals surface area contributed by atoms with E-state index in [1.807, 2.05) is 17.9 Å². The van der Waals surface area contributed by atoms with Gasteiger partial charge in [-0.25, -0.2) is 13.1 Å². The Morgan fingerprint density at radius 2 is 2.16 bits per heavy atom. The van der Waals surface area contributed by atoms with Crippen LogP contribution in [0.1, 0.15) is 38.3 Å². The molecule has 1 fully saturated rings. The normalized spacial score (nSPS) is 22.6. The van der Waals surface area contributed by atoms with Crippen molar-refractivity contribution in [2.75, 3.05) is 45.5 Å². The molecule has 1 aromatic heterocycles. The maximum atomic E-state index is 11.5. The predicted octanol–water partition coefficient (Wildman–Crippen LogP) is 1.06. The number of likely N-dealkylation sites (tertiary alicyclic amines) is 1. The minimum absolute atomic E-state index is 0.133. The minimum atomic E-state index is -3.11. The standard InChI is InChI=1S/C17H33N5O2S/c1-5-22-10-7-8-15(17(22)16-12-18-21(4)14-16)13-20(3)11-9-19-25(23,24)6-2/h12,14-15,17,19H,5-11,13H2,1-4H3/t15-,17+/m0/s1. The van der Waals surface area contributed by atoms with Crippen molar-refractivity contribution in [2.45, 2.75) is 32.7 Å². The number of hydrogen-bond donors (Lipinski definition) is 1. The molecule has 2 heterocycles. The van der Waals surface area contributed by atoms with Gasteiger partial charge in [-0.2, -0.15) is 5.10 Å². The van der Waals surface area contributed by atoms with Gasteiger partial charge in [-0.05, 0) is 45.8 Å². The molecule has 2 atom stereocenters. The smallest absolute Gasteiger partial charge is 0.211 e. The summed E-state index contributed by atoms with van der Waals surface area (Å²) >= 11 is 0. The fourth-order valence-corrected chi connectivity index (χ4v) is 4.37. The zero-order valence-corrected chi connectivity index (χ0v) is 16.8. The van der Waals surface area contributed by atoms with Gasteiger partial charge in [-0.15, -0.1) is 0 Å². The average molecular weight is 372 g/mol. The number of piperidine rings is 1. The Labute approximate surface area is 152 Å². The first-order chi connectivity index (χ1) is 11.9. The van der Waals surface area contributed by atoms with Gasteiger partial charge in [0.15, 0.2) is 0 Å². The van der Waals surface area contributed by atoms with Gasteiger partial charge in [0.1, 0.15) is 0 Å². The lowest BCUT2D eigenvalue weighted by Gasteiger charge is -2.42. The number of nitrogens with one attached hydrogen (secondary N) is 1. The molecular weight excluding hydrogens is 338 g/mol. The molecule has 25 heavy (non-hydrogen) atoms. The molecule has 144 valence electrons. The summed E-state index contributed by atoms with van der Waals surface area (Å²) in [6, 6.07) is 0.391. The summed E-state index contributed by atoms with van der Waals surface area (Å²) in [5.74, 6) is 0.666. The Kier molecular flexibility index (Phi) is 7.42. The summed E-state index contributed by atoms with van der Waals surface area (Å²) in [4.78, 5) is 4.78. The Morgan fingerprint density at radius 1 is 1.40 bits per heavy atom. The fourth-order valence-electron chi connectivity index (χ4n) is 3.76. The molecule has 0 unspecified atom stereocenters. The number of nitrogens with zero attached hydrogens (tertiary/aromatic N) is 4. The van der Waals surface area contributed by atoms with E-state index in [2.05, 4.69) is 39.8 Å². The van der Waals surface area contributed by atoms with Crippen LogP contribution in [0.15, 0.2) is 12.4 Å². The van der Waals surface area contributed by atoms with Crippen LogP contribution in [-0.4, -0.2) is 73.5 Å². The SMILES string of the molecule is CCN1CCC[C@@H](CN(C)CCNS(=O)(=O)CC)[C@@H]1c1cnn(C)c1. The van der Waals surface area contributed by atoms with Crippen LogP contribution in [0.25, 0.3) is 0 Å². The molecule has 1 aromatic rings. The van der Waals surface area contributed by atoms with Gasteiger partial charge in [0, 0.05) is 44.5 Å². The second-order valence-corrected chi connectivity index (χ2v) is 9.08. The molecular formula is C17H33N5O2S. The van der Waals surface area contributed by atoms with Gasteiger partial charge >= 0.3 is 0 Å². The van der Waals surface area contributed by atoms with Crippen molar-refractivity contribution < 1.29 is 8.42 Å². The third kappa shape index (κ3) is 5.77. The van der Waals surface area contributed by atoms with E-state index in [1.54, 1.807) is 6.92 Å². The molecule has 0 aromatic carbocycles. The first-order valence-electron chi connectivity index (χ1n) is 9.24. The lowest BCUT2D eigenvalue weighted by Crippen LogP contribution is -2.44. The third-order valence-corrected chi connectivity index (χ3v) is 6.48. The fraction of sp³-hybridized carbons (Fsp3) is 0.824. The summed E-state index contributed by atoms with van der Waals surface area (Å²) < 4.78 is 27.6. The van der Waals surface area contributed by atoms with Crippen molar-refractivity contribution in [3.63, 3.8) is 0 Å². The highest BCUT2D eigenvalue weighted by atomic mass is 32.2. The van der Waals surface area contributed by atoms with Crippen molar-refractivity contribution in [3.8, 4) is 0 Å². The van der Waals surface area contributed by atoms with Crippen LogP contribution in [0.4, 0.5) is 0 Å². The van der Waals surface area contributed by atoms with E-state index in [0.29, 0.717) is 18.5 Å². The molecule has 7 nitrogen and oxygen atoms in total. The van der Waals surface area contributed by atoms with Crippen molar-refractivity contribution in [3.05, 3.63) is 18.0 Å². The molecule has 1 aliphatic rings. The van der Waals surface area contributed by atoms with E-state index in [9.17, 15) is 8.42 Å². The summed E-state index contributed by atoms with van der Waals surface area (Å²) in [6.45, 7) is 8.20. The lowest BCUT2D eigenvalue weighted by molar-refractivity contribution is 0.0768. The summed E-state index contributed by atoms with van der Waals surface area (Å²) in [5, 5.41) is 4.36. The van der Waals surface area contributed by atoms with E-state index in [4.69, 9.17) is 0 Å². The Bertz CT molecular complexity index is 631. The van der Waals surface area contributed by atoms with Gasteiger partial charge in [0.25, 0.3) is 0 Å². The maximum Gasteiger partial charge on any atom is 0.211 e. The first kappa shape index (κ1) is 20.4. The highest BCUT2D eigenvalue weighted by Crippen LogP contribution is 2.36. The lowest BCUT2D eigenvalue weighted by atomic mass is 9.85. The highest BCUT2D eigenvalue weighted by Gasteiger charge is 2.33. The molecule has 0 amide bonds. The monoisotopic (exact) mass is 371 g/mol. The molecule has 1 aliphatic heterocycles. The molecule has 1 saturated heterocycles. The zero-order valence-electron chi connectivity index (χ0n) is 16.0. The quantitative estimate of drug-likeness (QED) is 0.703. The molecule has 0 bridgehead atoms. The van der Waals surface area contributed by atoms with Gasteiger partial charge in [-0.1, -0.05) is 6.92 Å². The number of aryl methyl sites for hydroxylation is 1. The van der Waals surface area contributed by atoms with E-state index in [0.717, 1.165) is 26.2 Å². The Morgan fingerprint density at radius 3 is 2.76 bits per heavy atom. The zero-order chi connectivity index (χ0) is 18.4. The topological polar surface area (TPSA) is 70.5 Å². The van der Waals surface area contributed by atoms with Crippen LogP contribution in [0.2, 0.25) is 0 Å². The number of aromatic nitrogens is 2. The molecule has 0 aliphatic carbocycles. The highest BCUT2D eigenvalue weighted by molar-refractivity contribution is 7.89. The van der Waals surface area contributed by atoms with Crippen molar-refractivity contribution in [1.82, 2.24) is 24.3 Å². The van der Waals surface area contributed by atoms with Crippen LogP contribution in [0.5, 0.6) is 0 Å². The minimum Gasteiger partial charge on any atom is -0.305 e. The number of likely N-dealkylation sites (N-methyl/N-ethyl adjacent to an activating group) is 1. The molecule has 2 rings (SSSR count). The third-order valence-electron chi connectivity index (χ3n) is 5.07. The summed E-state index contributed by atoms with van der Waals surface area (Å²) in [7, 11) is 0.929. The van der Waals surface area contributed by atoms with Crippen LogP contribution in [-0.2, 0) is 17.1 Å². The summed E-state index contributed by atoms with van der Waals surface area (Å²) in [6.07, 6.45) is 6.52. The van der Waals surface area contributed by atoms with Crippen LogP contribution in [0.3, 0.4) is 0 Å². The van der Waals surface area contributed by atoms with E-state index in [-0.39, 0.29) is 5.75 Å². The van der Waals surface area contributed by atoms with Crippen LogP contribution in [0, 0.1) is 5.92 Å². The van der Waals surface area contributed by atoms with Crippen molar-refractivity contribution >= 4 is 10.0 Å². The van der Waals surface area contributed by atoms with Gasteiger partial charge < -0.3 is 4.90 Å². The van der Waals surface area contributed by atoms with Crippen LogP contribution >= 0.6 is 0 Å². The largest absolute Gasteiger partial charge is 0.305 e. The summed E-state index contributed by atoms with van der Waals surface area (Å²) in [5.41, 5.74) is 1.29. The van der Waals surface area contributed by atoms with Gasteiger partial charge in [0.2, 0.25) is 10.0 Å². The second kappa shape index (κ2) is 9.12. The first-order valence-corrected chi connectivity index (χ1v) is 10.9. The van der Waals surface area contributed by atoms with Crippen molar-refractivity contribution in [1.29, 1.82) is 0 Å². The Balaban J connectivity index is 1.97. The molecule has 0 spiro atoms. The predicted molar refractivity (Wildman–Crippen MR) is 101 cm³/mol. The van der Waals surface area contributed by atoms with Gasteiger partial charge in [-0.3, -0.25) is 9.58 Å². The maximum absolute atomic E-state index is 11.5. The average Bonchev–Trinajstić information content (AvgIpc) is 3.00. The Hall–Kier alpha value is -0.960. The molecule has 8 heteroatoms. The van der Waals surface area contributed by atoms with E-state index in [1.165, 1.54) is 18.4 Å². The van der Waals surface area contributed by atoms with Crippen LogP contribution < -0.4 is 4.72 Å². The molecule has 0 saturated carbocycles. The van der Waals surface area contributed by atoms with Crippen molar-refractivity contribution in [2.24, 2.45) is 13.0 Å². The van der Waals surface area contributed by atoms with Gasteiger partial charge in [0.05, 0.1) is 11.9 Å². The molecule has 0 radical (unpaired) electrons. The second-order valence-electron chi connectivity index (χ2n) is 6.98. The van der Waals surface area contributed by atoms with E-state index >= 15 is 0 Å².